The molecule has 5 heteroatoms. The van der Waals surface area contributed by atoms with Gasteiger partial charge in [-0.25, -0.2) is 4.98 Å². The molecule has 1 N–H and O–H groups in total. The number of hydrogen-bond donors (Lipinski definition) is 1. The SMILES string of the molecule is O=C(NCc1ccccn1)c1ccc(CCc2cccnc2OCc2ccccc2)cc1. The Morgan fingerprint density at radius 3 is 2.31 bits per heavy atom. The number of aromatic nitrogens is 2. The molecule has 160 valence electrons. The van der Waals surface area contributed by atoms with Gasteiger partial charge in [0, 0.05) is 23.5 Å². The number of aryl methyl sites for hydroxylation is 2. The zero-order valence-electron chi connectivity index (χ0n) is 17.8. The third-order valence-corrected chi connectivity index (χ3v) is 5.12. The minimum atomic E-state index is -0.105. The predicted octanol–water partition coefficient (Wildman–Crippen LogP) is 4.77. The van der Waals surface area contributed by atoms with E-state index in [1.54, 1.807) is 12.4 Å². The summed E-state index contributed by atoms with van der Waals surface area (Å²) < 4.78 is 5.96. The van der Waals surface area contributed by atoms with E-state index in [0.29, 0.717) is 24.6 Å². The van der Waals surface area contributed by atoms with E-state index in [0.717, 1.165) is 35.2 Å². The largest absolute Gasteiger partial charge is 0.473 e. The van der Waals surface area contributed by atoms with Crippen LogP contribution >= 0.6 is 0 Å². The average molecular weight is 424 g/mol. The number of ether oxygens (including phenoxy) is 1. The fourth-order valence-electron chi connectivity index (χ4n) is 3.35. The number of carbonyl (C=O) groups excluding carboxylic acids is 1. The predicted molar refractivity (Wildman–Crippen MR) is 124 cm³/mol. The second kappa shape index (κ2) is 10.9. The number of hydrogen-bond acceptors (Lipinski definition) is 4. The maximum absolute atomic E-state index is 12.4. The lowest BCUT2D eigenvalue weighted by Crippen LogP contribution is -2.23. The van der Waals surface area contributed by atoms with Crippen molar-refractivity contribution in [3.63, 3.8) is 0 Å². The van der Waals surface area contributed by atoms with E-state index in [9.17, 15) is 4.79 Å². The Hall–Kier alpha value is -3.99. The molecule has 4 rings (SSSR count). The standard InChI is InChI=1S/C27H25N3O2/c31-26(30-19-25-10-4-5-17-28-25)23-14-11-21(12-15-23)13-16-24-9-6-18-29-27(24)32-20-22-7-2-1-3-8-22/h1-12,14-15,17-18H,13,16,19-20H2,(H,30,31). The van der Waals surface area contributed by atoms with Crippen LogP contribution in [-0.2, 0) is 26.0 Å². The molecule has 0 atom stereocenters. The summed E-state index contributed by atoms with van der Waals surface area (Å²) >= 11 is 0. The number of nitrogens with zero attached hydrogens (tertiary/aromatic N) is 2. The highest BCUT2D eigenvalue weighted by atomic mass is 16.5. The summed E-state index contributed by atoms with van der Waals surface area (Å²) in [5.74, 6) is 0.563. The van der Waals surface area contributed by atoms with Crippen molar-refractivity contribution in [3.05, 3.63) is 125 Å². The maximum atomic E-state index is 12.4. The Morgan fingerprint density at radius 1 is 0.750 bits per heavy atom. The molecule has 0 aliphatic rings. The number of rotatable bonds is 9. The topological polar surface area (TPSA) is 64.1 Å². The Morgan fingerprint density at radius 2 is 1.53 bits per heavy atom. The first-order valence-electron chi connectivity index (χ1n) is 10.7. The quantitative estimate of drug-likeness (QED) is 0.421. The monoisotopic (exact) mass is 423 g/mol. The van der Waals surface area contributed by atoms with Crippen molar-refractivity contribution in [2.45, 2.75) is 26.0 Å². The van der Waals surface area contributed by atoms with E-state index < -0.39 is 0 Å². The lowest BCUT2D eigenvalue weighted by Gasteiger charge is -2.11. The van der Waals surface area contributed by atoms with E-state index >= 15 is 0 Å². The lowest BCUT2D eigenvalue weighted by molar-refractivity contribution is 0.0950. The smallest absolute Gasteiger partial charge is 0.251 e. The van der Waals surface area contributed by atoms with Crippen LogP contribution < -0.4 is 10.1 Å². The van der Waals surface area contributed by atoms with Crippen molar-refractivity contribution in [3.8, 4) is 5.88 Å². The van der Waals surface area contributed by atoms with E-state index in [-0.39, 0.29) is 5.91 Å². The van der Waals surface area contributed by atoms with Crippen molar-refractivity contribution >= 4 is 5.91 Å². The summed E-state index contributed by atoms with van der Waals surface area (Å²) in [6, 6.07) is 27.4. The van der Waals surface area contributed by atoms with Crippen LogP contribution in [0.5, 0.6) is 5.88 Å². The highest BCUT2D eigenvalue weighted by Crippen LogP contribution is 2.19. The van der Waals surface area contributed by atoms with Gasteiger partial charge < -0.3 is 10.1 Å². The van der Waals surface area contributed by atoms with Crippen LogP contribution in [0.15, 0.2) is 97.3 Å². The van der Waals surface area contributed by atoms with Crippen LogP contribution in [0.25, 0.3) is 0 Å². The molecule has 0 radical (unpaired) electrons. The van der Waals surface area contributed by atoms with Gasteiger partial charge in [-0.05, 0) is 54.3 Å². The normalized spacial score (nSPS) is 10.5. The molecule has 0 fully saturated rings. The molecule has 2 aromatic heterocycles. The van der Waals surface area contributed by atoms with Crippen LogP contribution in [0.4, 0.5) is 0 Å². The van der Waals surface area contributed by atoms with E-state index in [4.69, 9.17) is 4.74 Å². The molecule has 2 heterocycles. The third kappa shape index (κ3) is 6.01. The molecule has 0 aliphatic carbocycles. The van der Waals surface area contributed by atoms with Crippen molar-refractivity contribution < 1.29 is 9.53 Å². The number of pyridine rings is 2. The summed E-state index contributed by atoms with van der Waals surface area (Å²) in [7, 11) is 0. The Labute approximate surface area is 188 Å². The third-order valence-electron chi connectivity index (χ3n) is 5.12. The minimum Gasteiger partial charge on any atom is -0.473 e. The molecule has 0 aliphatic heterocycles. The molecule has 0 spiro atoms. The first-order valence-corrected chi connectivity index (χ1v) is 10.7. The Kier molecular flexibility index (Phi) is 7.21. The number of nitrogens with one attached hydrogen (secondary N) is 1. The highest BCUT2D eigenvalue weighted by Gasteiger charge is 2.08. The lowest BCUT2D eigenvalue weighted by atomic mass is 10.0. The van der Waals surface area contributed by atoms with Crippen molar-refractivity contribution in [1.29, 1.82) is 0 Å². The van der Waals surface area contributed by atoms with Crippen LogP contribution in [0.3, 0.4) is 0 Å². The van der Waals surface area contributed by atoms with Gasteiger partial charge in [-0.15, -0.1) is 0 Å². The molecule has 0 unspecified atom stereocenters. The van der Waals surface area contributed by atoms with E-state index in [2.05, 4.69) is 15.3 Å². The molecule has 0 saturated heterocycles. The number of carbonyl (C=O) groups is 1. The molecule has 0 saturated carbocycles. The first kappa shape index (κ1) is 21.2. The van der Waals surface area contributed by atoms with Gasteiger partial charge >= 0.3 is 0 Å². The molecule has 0 bridgehead atoms. The molecule has 2 aromatic carbocycles. The summed E-state index contributed by atoms with van der Waals surface area (Å²) in [6.07, 6.45) is 5.12. The van der Waals surface area contributed by atoms with Crippen molar-refractivity contribution in [1.82, 2.24) is 15.3 Å². The number of amides is 1. The highest BCUT2D eigenvalue weighted by molar-refractivity contribution is 5.94. The maximum Gasteiger partial charge on any atom is 0.251 e. The summed E-state index contributed by atoms with van der Waals surface area (Å²) in [6.45, 7) is 0.904. The first-order chi connectivity index (χ1) is 15.8. The van der Waals surface area contributed by atoms with Gasteiger partial charge in [0.25, 0.3) is 5.91 Å². The second-order valence-electron chi connectivity index (χ2n) is 7.44. The summed E-state index contributed by atoms with van der Waals surface area (Å²) in [5, 5.41) is 2.90. The van der Waals surface area contributed by atoms with Crippen molar-refractivity contribution in [2.24, 2.45) is 0 Å². The zero-order chi connectivity index (χ0) is 22.0. The molecular weight excluding hydrogens is 398 g/mol. The summed E-state index contributed by atoms with van der Waals surface area (Å²) in [5.41, 5.74) is 4.81. The van der Waals surface area contributed by atoms with Gasteiger partial charge in [-0.2, -0.15) is 0 Å². The Balaban J connectivity index is 1.31. The van der Waals surface area contributed by atoms with Crippen LogP contribution in [-0.4, -0.2) is 15.9 Å². The molecule has 4 aromatic rings. The van der Waals surface area contributed by atoms with Gasteiger partial charge in [0.05, 0.1) is 12.2 Å². The van der Waals surface area contributed by atoms with Crippen LogP contribution in [0.1, 0.15) is 32.7 Å². The van der Waals surface area contributed by atoms with Gasteiger partial charge in [0.2, 0.25) is 5.88 Å². The molecular formula is C27H25N3O2. The minimum absolute atomic E-state index is 0.105. The van der Waals surface area contributed by atoms with Crippen molar-refractivity contribution in [2.75, 3.05) is 0 Å². The van der Waals surface area contributed by atoms with Gasteiger partial charge in [-0.3, -0.25) is 9.78 Å². The molecule has 32 heavy (non-hydrogen) atoms. The van der Waals surface area contributed by atoms with Gasteiger partial charge in [0.15, 0.2) is 0 Å². The molecule has 1 amide bonds. The fourth-order valence-corrected chi connectivity index (χ4v) is 3.35. The van der Waals surface area contributed by atoms with Crippen LogP contribution in [0.2, 0.25) is 0 Å². The average Bonchev–Trinajstić information content (AvgIpc) is 2.87. The number of benzene rings is 2. The zero-order valence-corrected chi connectivity index (χ0v) is 17.8. The van der Waals surface area contributed by atoms with Gasteiger partial charge in [-0.1, -0.05) is 54.6 Å². The molecule has 5 nitrogen and oxygen atoms in total. The van der Waals surface area contributed by atoms with Gasteiger partial charge in [0.1, 0.15) is 6.61 Å². The second-order valence-corrected chi connectivity index (χ2v) is 7.44. The Bertz CT molecular complexity index is 1130. The summed E-state index contributed by atoms with van der Waals surface area (Å²) in [4.78, 5) is 21.0. The van der Waals surface area contributed by atoms with E-state index in [1.807, 2.05) is 84.9 Å². The fraction of sp³-hybridized carbons (Fsp3) is 0.148. The van der Waals surface area contributed by atoms with E-state index in [1.165, 1.54) is 0 Å². The van der Waals surface area contributed by atoms with Crippen LogP contribution in [0, 0.1) is 0 Å².